The second kappa shape index (κ2) is 8.26. The Bertz CT molecular complexity index is 1010. The molecule has 1 unspecified atom stereocenters. The summed E-state index contributed by atoms with van der Waals surface area (Å²) in [6.07, 6.45) is 0.647. The van der Waals surface area contributed by atoms with Gasteiger partial charge < -0.3 is 10.0 Å². The number of aromatic hydroxyl groups is 1. The number of hydroxylamine groups is 2. The molecule has 2 aliphatic rings. The van der Waals surface area contributed by atoms with Crippen molar-refractivity contribution in [1.29, 1.82) is 0 Å². The normalized spacial score (nSPS) is 18.5. The number of amides is 3. The van der Waals surface area contributed by atoms with Crippen molar-refractivity contribution in [2.24, 2.45) is 0 Å². The first-order valence-electron chi connectivity index (χ1n) is 9.44. The molecule has 0 radical (unpaired) electrons. The van der Waals surface area contributed by atoms with Gasteiger partial charge in [0.25, 0.3) is 11.8 Å². The minimum Gasteiger partial charge on any atom is -0.508 e. The smallest absolute Gasteiger partial charge is 0.285 e. The van der Waals surface area contributed by atoms with Gasteiger partial charge in [0.05, 0.1) is 27.8 Å². The summed E-state index contributed by atoms with van der Waals surface area (Å²) < 4.78 is 0. The number of benzene rings is 2. The van der Waals surface area contributed by atoms with Crippen LogP contribution in [0.5, 0.6) is 5.75 Å². The quantitative estimate of drug-likeness (QED) is 0.538. The van der Waals surface area contributed by atoms with Gasteiger partial charge in [-0.05, 0) is 30.7 Å². The highest BCUT2D eigenvalue weighted by Gasteiger charge is 2.37. The molecule has 1 saturated heterocycles. The molecule has 2 aromatic rings. The Hall–Kier alpha value is -2.61. The van der Waals surface area contributed by atoms with Crippen LogP contribution in [-0.2, 0) is 9.63 Å². The number of phenolic OH excluding ortho intramolecular Hbond substituents is 1. The summed E-state index contributed by atoms with van der Waals surface area (Å²) in [5, 5.41) is 11.5. The van der Waals surface area contributed by atoms with Crippen molar-refractivity contribution in [1.82, 2.24) is 9.96 Å². The van der Waals surface area contributed by atoms with Crippen molar-refractivity contribution >= 4 is 40.9 Å². The molecule has 156 valence electrons. The zero-order valence-corrected chi connectivity index (χ0v) is 17.3. The number of rotatable bonds is 6. The van der Waals surface area contributed by atoms with E-state index in [-0.39, 0.29) is 35.6 Å². The van der Waals surface area contributed by atoms with Crippen LogP contribution in [0.25, 0.3) is 0 Å². The number of halogens is 2. The van der Waals surface area contributed by atoms with E-state index >= 15 is 0 Å². The predicted octanol–water partition coefficient (Wildman–Crippen LogP) is 3.63. The topological polar surface area (TPSA) is 87.2 Å². The first-order valence-corrected chi connectivity index (χ1v) is 10.2. The summed E-state index contributed by atoms with van der Waals surface area (Å²) in [5.41, 5.74) is 1.11. The average molecular weight is 449 g/mol. The largest absolute Gasteiger partial charge is 0.508 e. The molecule has 1 fully saturated rings. The molecule has 0 bridgehead atoms. The highest BCUT2D eigenvalue weighted by atomic mass is 35.5. The third-order valence-corrected chi connectivity index (χ3v) is 6.10. The number of nitrogens with zero attached hydrogens (tertiary/aromatic N) is 2. The summed E-state index contributed by atoms with van der Waals surface area (Å²) in [5.74, 6) is -1.30. The van der Waals surface area contributed by atoms with E-state index in [2.05, 4.69) is 0 Å². The van der Waals surface area contributed by atoms with Crippen molar-refractivity contribution in [3.63, 3.8) is 0 Å². The van der Waals surface area contributed by atoms with Crippen LogP contribution in [0.3, 0.4) is 0 Å². The minimum absolute atomic E-state index is 0.0120. The Kier molecular flexibility index (Phi) is 5.69. The Morgan fingerprint density at radius 3 is 2.37 bits per heavy atom. The third kappa shape index (κ3) is 3.64. The number of carbonyl (C=O) groups is 3. The molecule has 3 amide bonds. The number of hydrogen-bond donors (Lipinski definition) is 1. The number of carbonyl (C=O) groups excluding carboxylic acids is 3. The fourth-order valence-electron chi connectivity index (χ4n) is 3.82. The van der Waals surface area contributed by atoms with Gasteiger partial charge in [-0.3, -0.25) is 19.2 Å². The maximum atomic E-state index is 12.4. The molecular weight excluding hydrogens is 431 g/mol. The lowest BCUT2D eigenvalue weighted by molar-refractivity contribution is -0.128. The van der Waals surface area contributed by atoms with Crippen LogP contribution in [-0.4, -0.2) is 52.5 Å². The predicted molar refractivity (Wildman–Crippen MR) is 110 cm³/mol. The monoisotopic (exact) mass is 448 g/mol. The van der Waals surface area contributed by atoms with Crippen LogP contribution in [0.15, 0.2) is 36.4 Å². The molecule has 1 N–H and O–H groups in total. The summed E-state index contributed by atoms with van der Waals surface area (Å²) in [4.78, 5) is 44.0. The van der Waals surface area contributed by atoms with E-state index in [1.807, 2.05) is 0 Å². The third-order valence-electron chi connectivity index (χ3n) is 5.28. The first-order chi connectivity index (χ1) is 14.4. The van der Waals surface area contributed by atoms with Crippen LogP contribution < -0.4 is 0 Å². The van der Waals surface area contributed by atoms with E-state index in [4.69, 9.17) is 28.0 Å². The number of likely N-dealkylation sites (tertiary alicyclic amines) is 1. The molecule has 30 heavy (non-hydrogen) atoms. The average Bonchev–Trinajstić information content (AvgIpc) is 3.21. The second-order valence-corrected chi connectivity index (χ2v) is 7.96. The SMILES string of the molecule is O=C1CC(c2c(O)ccc(Cl)c2Cl)CN1CCCON1C(=O)c2ccccc2C1=O. The van der Waals surface area contributed by atoms with E-state index in [1.54, 1.807) is 29.2 Å². The molecule has 4 rings (SSSR count). The maximum Gasteiger partial charge on any atom is 0.285 e. The molecule has 7 nitrogen and oxygen atoms in total. The molecule has 2 aliphatic heterocycles. The van der Waals surface area contributed by atoms with Crippen molar-refractivity contribution in [3.8, 4) is 5.75 Å². The number of hydrogen-bond acceptors (Lipinski definition) is 5. The van der Waals surface area contributed by atoms with Gasteiger partial charge in [-0.15, -0.1) is 5.06 Å². The molecule has 2 heterocycles. The van der Waals surface area contributed by atoms with E-state index in [1.165, 1.54) is 12.1 Å². The molecule has 0 aromatic heterocycles. The van der Waals surface area contributed by atoms with Gasteiger partial charge in [-0.25, -0.2) is 0 Å². The summed E-state index contributed by atoms with van der Waals surface area (Å²) in [7, 11) is 0. The van der Waals surface area contributed by atoms with Crippen LogP contribution in [0, 0.1) is 0 Å². The van der Waals surface area contributed by atoms with E-state index < -0.39 is 11.8 Å². The van der Waals surface area contributed by atoms with E-state index in [9.17, 15) is 19.5 Å². The van der Waals surface area contributed by atoms with Gasteiger partial charge in [0, 0.05) is 31.0 Å². The molecule has 1 atom stereocenters. The molecule has 0 aliphatic carbocycles. The molecule has 0 saturated carbocycles. The molecule has 0 spiro atoms. The Morgan fingerprint density at radius 1 is 1.03 bits per heavy atom. The second-order valence-electron chi connectivity index (χ2n) is 7.17. The van der Waals surface area contributed by atoms with Gasteiger partial charge in [0.2, 0.25) is 5.91 Å². The van der Waals surface area contributed by atoms with Crippen molar-refractivity contribution in [3.05, 3.63) is 63.1 Å². The fraction of sp³-hybridized carbons (Fsp3) is 0.286. The maximum absolute atomic E-state index is 12.4. The van der Waals surface area contributed by atoms with Gasteiger partial charge in [-0.1, -0.05) is 35.3 Å². The Morgan fingerprint density at radius 2 is 1.70 bits per heavy atom. The molecule has 2 aromatic carbocycles. The summed E-state index contributed by atoms with van der Waals surface area (Å²) >= 11 is 12.3. The zero-order chi connectivity index (χ0) is 21.4. The highest BCUT2D eigenvalue weighted by Crippen LogP contribution is 2.41. The van der Waals surface area contributed by atoms with Gasteiger partial charge in [0.1, 0.15) is 5.75 Å². The fourth-order valence-corrected chi connectivity index (χ4v) is 4.30. The van der Waals surface area contributed by atoms with E-state index in [0.29, 0.717) is 41.2 Å². The van der Waals surface area contributed by atoms with Crippen LogP contribution >= 0.6 is 23.2 Å². The Balaban J connectivity index is 1.32. The minimum atomic E-state index is -0.487. The lowest BCUT2D eigenvalue weighted by Crippen LogP contribution is -2.32. The highest BCUT2D eigenvalue weighted by molar-refractivity contribution is 6.42. The summed E-state index contributed by atoms with van der Waals surface area (Å²) in [6, 6.07) is 9.51. The van der Waals surface area contributed by atoms with Crippen LogP contribution in [0.1, 0.15) is 45.0 Å². The van der Waals surface area contributed by atoms with Gasteiger partial charge in [0.15, 0.2) is 0 Å². The first kappa shape index (κ1) is 20.7. The number of fused-ring (bicyclic) bond motifs is 1. The molecular formula is C21H18Cl2N2O5. The number of phenols is 1. The van der Waals surface area contributed by atoms with Crippen LogP contribution in [0.4, 0.5) is 0 Å². The lowest BCUT2D eigenvalue weighted by atomic mass is 9.97. The zero-order valence-electron chi connectivity index (χ0n) is 15.8. The van der Waals surface area contributed by atoms with Crippen LogP contribution in [0.2, 0.25) is 10.0 Å². The summed E-state index contributed by atoms with van der Waals surface area (Å²) in [6.45, 7) is 0.875. The van der Waals surface area contributed by atoms with Gasteiger partial charge in [-0.2, -0.15) is 0 Å². The van der Waals surface area contributed by atoms with Crippen molar-refractivity contribution in [2.75, 3.05) is 19.7 Å². The van der Waals surface area contributed by atoms with Gasteiger partial charge >= 0.3 is 0 Å². The molecule has 9 heteroatoms. The van der Waals surface area contributed by atoms with Crippen molar-refractivity contribution in [2.45, 2.75) is 18.8 Å². The van der Waals surface area contributed by atoms with Crippen molar-refractivity contribution < 1.29 is 24.3 Å². The number of imide groups is 1. The van der Waals surface area contributed by atoms with E-state index in [0.717, 1.165) is 5.06 Å². The Labute approximate surface area is 182 Å². The lowest BCUT2D eigenvalue weighted by Gasteiger charge is -2.19. The standard InChI is InChI=1S/C21H18Cl2N2O5/c22-15-6-7-16(26)18(19(15)23)12-10-17(27)24(11-12)8-3-9-30-25-20(28)13-4-1-2-5-14(13)21(25)29/h1-2,4-7,12,26H,3,8-11H2.